The normalized spacial score (nSPS) is 30.1. The summed E-state index contributed by atoms with van der Waals surface area (Å²) in [7, 11) is 0. The van der Waals surface area contributed by atoms with Crippen LogP contribution in [-0.4, -0.2) is 11.9 Å². The first-order chi connectivity index (χ1) is 14.1. The summed E-state index contributed by atoms with van der Waals surface area (Å²) in [5.74, 6) is -0.139. The smallest absolute Gasteiger partial charge is 0.310 e. The molecular formula is C25H28O4. The van der Waals surface area contributed by atoms with Crippen molar-refractivity contribution in [3.63, 3.8) is 0 Å². The summed E-state index contributed by atoms with van der Waals surface area (Å²) in [4.78, 5) is 26.0. The minimum absolute atomic E-state index is 0.188. The maximum absolute atomic E-state index is 13.0. The Balaban J connectivity index is 1.46. The van der Waals surface area contributed by atoms with Crippen molar-refractivity contribution in [2.45, 2.75) is 33.5 Å². The van der Waals surface area contributed by atoms with Crippen LogP contribution in [0.2, 0.25) is 0 Å². The van der Waals surface area contributed by atoms with Crippen LogP contribution in [-0.2, 0) is 32.3 Å². The van der Waals surface area contributed by atoms with Crippen LogP contribution in [0.3, 0.4) is 0 Å². The molecule has 2 aromatic rings. The third kappa shape index (κ3) is 3.93. The molecule has 0 spiro atoms. The molecule has 2 aliphatic rings. The van der Waals surface area contributed by atoms with Gasteiger partial charge in [0.2, 0.25) is 0 Å². The van der Waals surface area contributed by atoms with Crippen LogP contribution in [0, 0.1) is 35.5 Å². The summed E-state index contributed by atoms with van der Waals surface area (Å²) >= 11 is 0. The molecule has 0 radical (unpaired) electrons. The van der Waals surface area contributed by atoms with Crippen molar-refractivity contribution in [2.24, 2.45) is 35.5 Å². The van der Waals surface area contributed by atoms with Crippen LogP contribution in [0.4, 0.5) is 0 Å². The summed E-state index contributed by atoms with van der Waals surface area (Å²) in [6.07, 6.45) is 0.901. The van der Waals surface area contributed by atoms with E-state index in [-0.39, 0.29) is 37.0 Å². The van der Waals surface area contributed by atoms with Gasteiger partial charge in [-0.2, -0.15) is 0 Å². The summed E-state index contributed by atoms with van der Waals surface area (Å²) < 4.78 is 11.3. The SMILES string of the molecule is CC1C(C)C2CC1[C@@H](C(=O)OCc1ccccc1)[C@H]2C(=O)OCc1ccccc1. The topological polar surface area (TPSA) is 52.6 Å². The highest BCUT2D eigenvalue weighted by Gasteiger charge is 2.60. The lowest BCUT2D eigenvalue weighted by atomic mass is 9.69. The highest BCUT2D eigenvalue weighted by molar-refractivity contribution is 5.84. The molecule has 4 nitrogen and oxygen atoms in total. The fourth-order valence-electron chi connectivity index (χ4n) is 5.30. The van der Waals surface area contributed by atoms with Crippen LogP contribution in [0.1, 0.15) is 31.4 Å². The lowest BCUT2D eigenvalue weighted by molar-refractivity contribution is -0.167. The largest absolute Gasteiger partial charge is 0.461 e. The van der Waals surface area contributed by atoms with E-state index >= 15 is 0 Å². The average Bonchev–Trinajstić information content (AvgIpc) is 3.28. The Morgan fingerprint density at radius 1 is 0.724 bits per heavy atom. The molecule has 0 saturated heterocycles. The molecule has 0 amide bonds. The quantitative estimate of drug-likeness (QED) is 0.673. The Bertz CT molecular complexity index is 776. The average molecular weight is 392 g/mol. The van der Waals surface area contributed by atoms with Crippen LogP contribution in [0.15, 0.2) is 60.7 Å². The molecule has 2 bridgehead atoms. The van der Waals surface area contributed by atoms with Gasteiger partial charge in [-0.3, -0.25) is 9.59 Å². The highest BCUT2D eigenvalue weighted by atomic mass is 16.5. The molecule has 2 aliphatic carbocycles. The van der Waals surface area contributed by atoms with E-state index in [1.807, 2.05) is 60.7 Å². The van der Waals surface area contributed by atoms with Crippen molar-refractivity contribution in [1.29, 1.82) is 0 Å². The van der Waals surface area contributed by atoms with E-state index in [1.54, 1.807) is 0 Å². The third-order valence-corrected chi connectivity index (χ3v) is 7.03. The Labute approximate surface area is 172 Å². The van der Waals surface area contributed by atoms with Crippen molar-refractivity contribution in [3.05, 3.63) is 71.8 Å². The zero-order valence-corrected chi connectivity index (χ0v) is 17.0. The van der Waals surface area contributed by atoms with E-state index in [0.717, 1.165) is 17.5 Å². The molecule has 2 aromatic carbocycles. The van der Waals surface area contributed by atoms with Crippen LogP contribution < -0.4 is 0 Å². The molecule has 0 aliphatic heterocycles. The van der Waals surface area contributed by atoms with Crippen molar-refractivity contribution in [2.75, 3.05) is 0 Å². The molecule has 29 heavy (non-hydrogen) atoms. The number of esters is 2. The first-order valence-electron chi connectivity index (χ1n) is 10.5. The summed E-state index contributed by atoms with van der Waals surface area (Å²) in [5.41, 5.74) is 1.90. The Kier molecular flexibility index (Phi) is 5.70. The van der Waals surface area contributed by atoms with Crippen molar-refractivity contribution in [1.82, 2.24) is 0 Å². The fraction of sp³-hybridized carbons (Fsp3) is 0.440. The number of rotatable bonds is 6. The van der Waals surface area contributed by atoms with E-state index < -0.39 is 11.8 Å². The second-order valence-corrected chi connectivity index (χ2v) is 8.52. The van der Waals surface area contributed by atoms with Crippen LogP contribution in [0.25, 0.3) is 0 Å². The zero-order valence-electron chi connectivity index (χ0n) is 17.0. The Morgan fingerprint density at radius 3 is 1.48 bits per heavy atom. The molecule has 4 heteroatoms. The Hall–Kier alpha value is -2.62. The van der Waals surface area contributed by atoms with Gasteiger partial charge in [-0.25, -0.2) is 0 Å². The molecule has 4 unspecified atom stereocenters. The summed E-state index contributed by atoms with van der Waals surface area (Å²) in [5, 5.41) is 0. The number of hydrogen-bond donors (Lipinski definition) is 0. The van der Waals surface area contributed by atoms with Gasteiger partial charge in [-0.15, -0.1) is 0 Å². The number of fused-ring (bicyclic) bond motifs is 2. The molecule has 152 valence electrons. The van der Waals surface area contributed by atoms with E-state index in [0.29, 0.717) is 11.8 Å². The predicted octanol–water partition coefficient (Wildman–Crippen LogP) is 4.63. The molecule has 0 N–H and O–H groups in total. The van der Waals surface area contributed by atoms with Gasteiger partial charge in [-0.1, -0.05) is 74.5 Å². The van der Waals surface area contributed by atoms with Gasteiger partial charge < -0.3 is 9.47 Å². The summed E-state index contributed by atoms with van der Waals surface area (Å²) in [6.45, 7) is 4.86. The molecule has 2 fully saturated rings. The molecule has 0 aromatic heterocycles. The van der Waals surface area contributed by atoms with Crippen molar-refractivity contribution >= 4 is 11.9 Å². The number of carbonyl (C=O) groups excluding carboxylic acids is 2. The van der Waals surface area contributed by atoms with Crippen molar-refractivity contribution in [3.8, 4) is 0 Å². The number of ether oxygens (including phenoxy) is 2. The standard InChI is InChI=1S/C25H28O4/c1-16-17(2)21-13-20(16)22(24(26)28-14-18-9-5-3-6-10-18)23(21)25(27)29-15-19-11-7-4-8-12-19/h3-12,16-17,20-23H,13-15H2,1-2H3/t16?,17?,20?,21?,22-,23+. The fourth-order valence-corrected chi connectivity index (χ4v) is 5.30. The zero-order chi connectivity index (χ0) is 20.4. The van der Waals surface area contributed by atoms with Crippen LogP contribution in [0.5, 0.6) is 0 Å². The van der Waals surface area contributed by atoms with Gasteiger partial charge in [0.05, 0.1) is 11.8 Å². The summed E-state index contributed by atoms with van der Waals surface area (Å²) in [6, 6.07) is 19.3. The number of benzene rings is 2. The lowest BCUT2D eigenvalue weighted by Gasteiger charge is -2.35. The van der Waals surface area contributed by atoms with E-state index in [1.165, 1.54) is 0 Å². The van der Waals surface area contributed by atoms with Gasteiger partial charge in [0.1, 0.15) is 13.2 Å². The van der Waals surface area contributed by atoms with E-state index in [9.17, 15) is 9.59 Å². The lowest BCUT2D eigenvalue weighted by Crippen LogP contribution is -2.42. The molecule has 4 rings (SSSR count). The monoisotopic (exact) mass is 392 g/mol. The van der Waals surface area contributed by atoms with Gasteiger partial charge in [0, 0.05) is 0 Å². The minimum atomic E-state index is -0.404. The van der Waals surface area contributed by atoms with Gasteiger partial charge in [0.15, 0.2) is 0 Å². The predicted molar refractivity (Wildman–Crippen MR) is 109 cm³/mol. The van der Waals surface area contributed by atoms with Crippen molar-refractivity contribution < 1.29 is 19.1 Å². The Morgan fingerprint density at radius 2 is 1.10 bits per heavy atom. The molecule has 0 heterocycles. The van der Waals surface area contributed by atoms with Gasteiger partial charge >= 0.3 is 11.9 Å². The first kappa shape index (κ1) is 19.7. The van der Waals surface area contributed by atoms with Gasteiger partial charge in [0.25, 0.3) is 0 Å². The van der Waals surface area contributed by atoms with Crippen LogP contribution >= 0.6 is 0 Å². The second-order valence-electron chi connectivity index (χ2n) is 8.52. The molecule has 6 atom stereocenters. The minimum Gasteiger partial charge on any atom is -0.461 e. The third-order valence-electron chi connectivity index (χ3n) is 7.03. The van der Waals surface area contributed by atoms with Gasteiger partial charge in [-0.05, 0) is 41.2 Å². The maximum Gasteiger partial charge on any atom is 0.310 e. The number of carbonyl (C=O) groups is 2. The first-order valence-corrected chi connectivity index (χ1v) is 10.5. The van der Waals surface area contributed by atoms with E-state index in [2.05, 4.69) is 13.8 Å². The molecule has 2 saturated carbocycles. The highest BCUT2D eigenvalue weighted by Crippen LogP contribution is 2.58. The molecular weight excluding hydrogens is 364 g/mol. The van der Waals surface area contributed by atoms with E-state index in [4.69, 9.17) is 9.47 Å². The second kappa shape index (κ2) is 8.40. The maximum atomic E-state index is 13.0. The number of hydrogen-bond acceptors (Lipinski definition) is 4.